The fraction of sp³-hybridized carbons (Fsp3) is 0.278. The smallest absolute Gasteiger partial charge is 0.175 e. The predicted molar refractivity (Wildman–Crippen MR) is 107 cm³/mol. The summed E-state index contributed by atoms with van der Waals surface area (Å²) in [5, 5.41) is 5.45. The number of rotatable bonds is 8. The average molecular weight is 446 g/mol. The van der Waals surface area contributed by atoms with Gasteiger partial charge in [0.05, 0.1) is 30.4 Å². The van der Waals surface area contributed by atoms with E-state index in [-0.39, 0.29) is 0 Å². The summed E-state index contributed by atoms with van der Waals surface area (Å²) < 4.78 is 12.1. The van der Waals surface area contributed by atoms with Crippen molar-refractivity contribution < 1.29 is 9.47 Å². The molecule has 1 N–H and O–H groups in total. The molecule has 7 heteroatoms. The molecule has 2 aromatic rings. The summed E-state index contributed by atoms with van der Waals surface area (Å²) in [6.07, 6.45) is 1.70. The first-order valence-electron chi connectivity index (χ1n) is 7.84. The molecule has 0 aliphatic carbocycles. The molecule has 134 valence electrons. The third kappa shape index (κ3) is 5.53. The largest absolute Gasteiger partial charge is 0.490 e. The standard InChI is InChI=1S/C18H19BrCl2N2O2/c1-3-24-17-9-12(8-14(19)18(17)25-4-2)10-22-23-11-13-15(20)6-5-7-16(13)21/h5-10,23H,3-4,11H2,1-2H3/b22-10-. The van der Waals surface area contributed by atoms with Crippen molar-refractivity contribution in [1.82, 2.24) is 5.43 Å². The van der Waals surface area contributed by atoms with Crippen molar-refractivity contribution in [3.8, 4) is 11.5 Å². The number of nitrogens with one attached hydrogen (secondary N) is 1. The molecule has 25 heavy (non-hydrogen) atoms. The van der Waals surface area contributed by atoms with Crippen molar-refractivity contribution in [1.29, 1.82) is 0 Å². The lowest BCUT2D eigenvalue weighted by Gasteiger charge is -2.13. The highest BCUT2D eigenvalue weighted by molar-refractivity contribution is 9.10. The molecule has 0 aromatic heterocycles. The van der Waals surface area contributed by atoms with E-state index in [0.29, 0.717) is 41.3 Å². The maximum absolute atomic E-state index is 6.14. The zero-order valence-electron chi connectivity index (χ0n) is 14.0. The Morgan fingerprint density at radius 1 is 1.12 bits per heavy atom. The first-order valence-corrected chi connectivity index (χ1v) is 9.39. The maximum Gasteiger partial charge on any atom is 0.175 e. The lowest BCUT2D eigenvalue weighted by molar-refractivity contribution is 0.286. The Kier molecular flexibility index (Phi) is 7.88. The van der Waals surface area contributed by atoms with E-state index in [2.05, 4.69) is 26.5 Å². The second kappa shape index (κ2) is 9.90. The van der Waals surface area contributed by atoms with Gasteiger partial charge in [0.2, 0.25) is 0 Å². The molecule has 2 rings (SSSR count). The number of hydrogen-bond acceptors (Lipinski definition) is 4. The number of ether oxygens (including phenoxy) is 2. The Labute approximate surface area is 166 Å². The molecular weight excluding hydrogens is 427 g/mol. The molecule has 0 spiro atoms. The number of halogens is 3. The van der Waals surface area contributed by atoms with E-state index in [1.54, 1.807) is 18.3 Å². The third-order valence-corrected chi connectivity index (χ3v) is 4.54. The first kappa shape index (κ1) is 19.9. The Morgan fingerprint density at radius 2 is 1.80 bits per heavy atom. The Balaban J connectivity index is 2.10. The number of hydrogen-bond donors (Lipinski definition) is 1. The van der Waals surface area contributed by atoms with Crippen LogP contribution < -0.4 is 14.9 Å². The summed E-state index contributed by atoms with van der Waals surface area (Å²) in [4.78, 5) is 0. The van der Waals surface area contributed by atoms with Crippen LogP contribution in [-0.4, -0.2) is 19.4 Å². The average Bonchev–Trinajstić information content (AvgIpc) is 2.57. The van der Waals surface area contributed by atoms with Crippen LogP contribution in [0.3, 0.4) is 0 Å². The van der Waals surface area contributed by atoms with Crippen LogP contribution in [0.15, 0.2) is 39.9 Å². The number of nitrogens with zero attached hydrogens (tertiary/aromatic N) is 1. The number of hydrazone groups is 1. The van der Waals surface area contributed by atoms with Gasteiger partial charge >= 0.3 is 0 Å². The molecular formula is C18H19BrCl2N2O2. The topological polar surface area (TPSA) is 42.8 Å². The Morgan fingerprint density at radius 3 is 2.44 bits per heavy atom. The van der Waals surface area contributed by atoms with Crippen LogP contribution in [0.5, 0.6) is 11.5 Å². The molecule has 0 saturated heterocycles. The van der Waals surface area contributed by atoms with Gasteiger partial charge in [-0.05, 0) is 59.6 Å². The van der Waals surface area contributed by atoms with Crippen molar-refractivity contribution in [2.45, 2.75) is 20.4 Å². The van der Waals surface area contributed by atoms with Crippen molar-refractivity contribution in [3.63, 3.8) is 0 Å². The fourth-order valence-electron chi connectivity index (χ4n) is 2.16. The fourth-order valence-corrected chi connectivity index (χ4v) is 3.26. The second-order valence-electron chi connectivity index (χ2n) is 4.99. The molecule has 0 aliphatic heterocycles. The van der Waals surface area contributed by atoms with Crippen LogP contribution in [0.4, 0.5) is 0 Å². The van der Waals surface area contributed by atoms with Gasteiger partial charge in [0.1, 0.15) is 0 Å². The van der Waals surface area contributed by atoms with Crippen LogP contribution in [0.2, 0.25) is 10.0 Å². The highest BCUT2D eigenvalue weighted by atomic mass is 79.9. The Hall–Kier alpha value is -1.43. The molecule has 0 fully saturated rings. The summed E-state index contributed by atoms with van der Waals surface area (Å²) >= 11 is 15.8. The van der Waals surface area contributed by atoms with E-state index in [4.69, 9.17) is 32.7 Å². The molecule has 4 nitrogen and oxygen atoms in total. The van der Waals surface area contributed by atoms with Gasteiger partial charge in [0, 0.05) is 15.6 Å². The third-order valence-electron chi connectivity index (χ3n) is 3.24. The predicted octanol–water partition coefficient (Wildman–Crippen LogP) is 5.68. The first-order chi connectivity index (χ1) is 12.1. The van der Waals surface area contributed by atoms with E-state index in [0.717, 1.165) is 15.6 Å². The quantitative estimate of drug-likeness (QED) is 0.420. The van der Waals surface area contributed by atoms with Crippen LogP contribution in [0.25, 0.3) is 0 Å². The minimum absolute atomic E-state index is 0.436. The van der Waals surface area contributed by atoms with Gasteiger partial charge in [-0.15, -0.1) is 0 Å². The van der Waals surface area contributed by atoms with Crippen molar-refractivity contribution in [2.75, 3.05) is 13.2 Å². The molecule has 0 unspecified atom stereocenters. The summed E-state index contributed by atoms with van der Waals surface area (Å²) in [5.74, 6) is 1.37. The van der Waals surface area contributed by atoms with Crippen molar-refractivity contribution in [3.05, 3.63) is 56.0 Å². The minimum Gasteiger partial charge on any atom is -0.490 e. The summed E-state index contributed by atoms with van der Waals surface area (Å²) in [7, 11) is 0. The van der Waals surface area contributed by atoms with Crippen LogP contribution >= 0.6 is 39.1 Å². The molecule has 0 bridgehead atoms. The van der Waals surface area contributed by atoms with Gasteiger partial charge in [0.15, 0.2) is 11.5 Å². The van der Waals surface area contributed by atoms with Crippen molar-refractivity contribution in [2.24, 2.45) is 5.10 Å². The van der Waals surface area contributed by atoms with Crippen LogP contribution in [0, 0.1) is 0 Å². The van der Waals surface area contributed by atoms with E-state index in [1.165, 1.54) is 0 Å². The molecule has 0 saturated carbocycles. The number of benzene rings is 2. The molecule has 0 radical (unpaired) electrons. The molecule has 0 heterocycles. The highest BCUT2D eigenvalue weighted by Crippen LogP contribution is 2.36. The normalized spacial score (nSPS) is 10.9. The van der Waals surface area contributed by atoms with Crippen molar-refractivity contribution >= 4 is 45.3 Å². The van der Waals surface area contributed by atoms with Crippen LogP contribution in [-0.2, 0) is 6.54 Å². The van der Waals surface area contributed by atoms with Gasteiger partial charge in [-0.2, -0.15) is 5.10 Å². The van der Waals surface area contributed by atoms with Gasteiger partial charge in [-0.25, -0.2) is 0 Å². The maximum atomic E-state index is 6.14. The van der Waals surface area contributed by atoms with Gasteiger partial charge in [-0.1, -0.05) is 29.3 Å². The van der Waals surface area contributed by atoms with E-state index < -0.39 is 0 Å². The lowest BCUT2D eigenvalue weighted by Crippen LogP contribution is -2.07. The zero-order valence-corrected chi connectivity index (χ0v) is 17.1. The highest BCUT2D eigenvalue weighted by Gasteiger charge is 2.11. The molecule has 0 aliphatic rings. The Bertz CT molecular complexity index is 734. The van der Waals surface area contributed by atoms with E-state index in [9.17, 15) is 0 Å². The minimum atomic E-state index is 0.436. The van der Waals surface area contributed by atoms with E-state index >= 15 is 0 Å². The molecule has 0 atom stereocenters. The van der Waals surface area contributed by atoms with E-state index in [1.807, 2.05) is 32.0 Å². The monoisotopic (exact) mass is 444 g/mol. The van der Waals surface area contributed by atoms with Gasteiger partial charge < -0.3 is 14.9 Å². The summed E-state index contributed by atoms with van der Waals surface area (Å²) in [6, 6.07) is 9.20. The SMILES string of the molecule is CCOc1cc(/C=N\NCc2c(Cl)cccc2Cl)cc(Br)c1OCC. The van der Waals surface area contributed by atoms with Gasteiger partial charge in [0.25, 0.3) is 0 Å². The summed E-state index contributed by atoms with van der Waals surface area (Å²) in [5.41, 5.74) is 4.64. The zero-order chi connectivity index (χ0) is 18.2. The molecule has 2 aromatic carbocycles. The van der Waals surface area contributed by atoms with Crippen LogP contribution in [0.1, 0.15) is 25.0 Å². The van der Waals surface area contributed by atoms with Gasteiger partial charge in [-0.3, -0.25) is 0 Å². The molecule has 0 amide bonds. The second-order valence-corrected chi connectivity index (χ2v) is 6.66. The summed E-state index contributed by atoms with van der Waals surface area (Å²) in [6.45, 7) is 5.41. The lowest BCUT2D eigenvalue weighted by atomic mass is 10.2.